The molecule has 7 heteroatoms. The lowest BCUT2D eigenvalue weighted by Gasteiger charge is -2.26. The molecule has 0 spiro atoms. The number of nitrogens with zero attached hydrogens (tertiary/aromatic N) is 3. The van der Waals surface area contributed by atoms with E-state index in [-0.39, 0.29) is 24.3 Å². The minimum absolute atomic E-state index is 0.193. The van der Waals surface area contributed by atoms with E-state index in [1.807, 2.05) is 12.1 Å². The molecular weight excluding hydrogens is 452 g/mol. The molecule has 1 unspecified atom stereocenters. The zero-order valence-electron chi connectivity index (χ0n) is 20.5. The molecule has 0 saturated carbocycles. The Balaban J connectivity index is 1.37. The first-order chi connectivity index (χ1) is 17.5. The van der Waals surface area contributed by atoms with Gasteiger partial charge in [-0.05, 0) is 62.5 Å². The summed E-state index contributed by atoms with van der Waals surface area (Å²) < 4.78 is 1.40. The molecule has 0 bridgehead atoms. The van der Waals surface area contributed by atoms with Gasteiger partial charge in [-0.1, -0.05) is 48.6 Å². The zero-order valence-corrected chi connectivity index (χ0v) is 20.5. The minimum atomic E-state index is -0.753. The van der Waals surface area contributed by atoms with Crippen LogP contribution in [0.15, 0.2) is 47.3 Å². The molecule has 7 nitrogen and oxygen atoms in total. The number of aryl methyl sites for hydroxylation is 1. The normalized spacial score (nSPS) is 18.5. The van der Waals surface area contributed by atoms with E-state index in [1.165, 1.54) is 42.5 Å². The fraction of sp³-hybridized carbons (Fsp3) is 0.379. The third kappa shape index (κ3) is 5.09. The lowest BCUT2D eigenvalue weighted by molar-refractivity contribution is -0.135. The molecule has 2 aliphatic rings. The van der Waals surface area contributed by atoms with E-state index >= 15 is 0 Å². The van der Waals surface area contributed by atoms with Crippen molar-refractivity contribution in [1.82, 2.24) is 19.8 Å². The van der Waals surface area contributed by atoms with Crippen molar-refractivity contribution in [2.45, 2.75) is 58.0 Å². The van der Waals surface area contributed by atoms with E-state index in [0.717, 1.165) is 12.1 Å². The van der Waals surface area contributed by atoms with E-state index in [4.69, 9.17) is 0 Å². The van der Waals surface area contributed by atoms with Gasteiger partial charge in [0, 0.05) is 24.9 Å². The number of likely N-dealkylation sites (tertiary alicyclic amines) is 1. The molecule has 1 aromatic heterocycles. The highest BCUT2D eigenvalue weighted by molar-refractivity contribution is 5.99. The number of carbonyl (C=O) groups excluding carboxylic acids is 2. The third-order valence-corrected chi connectivity index (χ3v) is 7.02. The number of nitrogens with one attached hydrogen (secondary N) is 1. The van der Waals surface area contributed by atoms with Gasteiger partial charge >= 0.3 is 0 Å². The van der Waals surface area contributed by atoms with Crippen molar-refractivity contribution in [1.29, 1.82) is 0 Å². The summed E-state index contributed by atoms with van der Waals surface area (Å²) in [6.07, 6.45) is 4.95. The van der Waals surface area contributed by atoms with Gasteiger partial charge in [0.1, 0.15) is 11.9 Å². The molecule has 184 valence electrons. The molecule has 2 saturated heterocycles. The summed E-state index contributed by atoms with van der Waals surface area (Å²) in [5, 5.41) is 2.73. The second kappa shape index (κ2) is 10.5. The molecule has 0 aliphatic carbocycles. The highest BCUT2D eigenvalue weighted by atomic mass is 16.2. The predicted molar refractivity (Wildman–Crippen MR) is 138 cm³/mol. The summed E-state index contributed by atoms with van der Waals surface area (Å²) in [5.41, 5.74) is 3.28. The van der Waals surface area contributed by atoms with Gasteiger partial charge in [-0.25, -0.2) is 4.98 Å². The van der Waals surface area contributed by atoms with Crippen LogP contribution in [-0.2, 0) is 22.6 Å². The summed E-state index contributed by atoms with van der Waals surface area (Å²) >= 11 is 0. The van der Waals surface area contributed by atoms with Crippen molar-refractivity contribution in [3.8, 4) is 11.8 Å². The monoisotopic (exact) mass is 482 g/mol. The molecular formula is C29H30N4O3. The Hall–Kier alpha value is -3.76. The minimum Gasteiger partial charge on any atom is -0.299 e. The number of fused-ring (bicyclic) bond motifs is 1. The molecule has 2 aromatic carbocycles. The second-order valence-electron chi connectivity index (χ2n) is 9.63. The molecule has 2 fully saturated rings. The van der Waals surface area contributed by atoms with Crippen molar-refractivity contribution < 1.29 is 9.59 Å². The number of rotatable bonds is 4. The van der Waals surface area contributed by atoms with Crippen LogP contribution in [0.4, 0.5) is 0 Å². The van der Waals surface area contributed by atoms with Crippen LogP contribution in [0.1, 0.15) is 60.7 Å². The summed E-state index contributed by atoms with van der Waals surface area (Å²) in [6, 6.07) is 13.3. The number of piperidine rings is 2. The van der Waals surface area contributed by atoms with Gasteiger partial charge in [0.05, 0.1) is 10.9 Å². The predicted octanol–water partition coefficient (Wildman–Crippen LogP) is 3.26. The standard InChI is InChI=1S/C29H30N4O3/c1-20-30-24-10-6-9-23(27(24)29(36)33(20)25-15-16-26(34)31-28(25)35)8-5-7-21-11-13-22(14-12-21)19-32-17-3-2-4-18-32/h6,9-14,25H,2-4,7,15-19H2,1H3,(H,31,34,35). The molecule has 3 heterocycles. The first-order valence-corrected chi connectivity index (χ1v) is 12.6. The average molecular weight is 483 g/mol. The highest BCUT2D eigenvalue weighted by Gasteiger charge is 2.30. The molecule has 0 radical (unpaired) electrons. The summed E-state index contributed by atoms with van der Waals surface area (Å²) in [7, 11) is 0. The Kier molecular flexibility index (Phi) is 6.97. The Bertz CT molecular complexity index is 1420. The van der Waals surface area contributed by atoms with Gasteiger partial charge in [-0.3, -0.25) is 29.2 Å². The Morgan fingerprint density at radius 3 is 2.50 bits per heavy atom. The Morgan fingerprint density at radius 1 is 1.00 bits per heavy atom. The quantitative estimate of drug-likeness (QED) is 0.456. The van der Waals surface area contributed by atoms with Crippen molar-refractivity contribution in [2.24, 2.45) is 0 Å². The van der Waals surface area contributed by atoms with Gasteiger partial charge in [-0.2, -0.15) is 0 Å². The highest BCUT2D eigenvalue weighted by Crippen LogP contribution is 2.21. The van der Waals surface area contributed by atoms with E-state index in [1.54, 1.807) is 13.0 Å². The fourth-order valence-electron chi connectivity index (χ4n) is 5.13. The SMILES string of the molecule is Cc1nc2cccc(C#CCc3ccc(CN4CCCCC4)cc3)c2c(=O)n1C1CCC(=O)NC1=O. The molecule has 2 amide bonds. The van der Waals surface area contributed by atoms with Gasteiger partial charge in [0.25, 0.3) is 5.56 Å². The topological polar surface area (TPSA) is 84.3 Å². The molecule has 36 heavy (non-hydrogen) atoms. The lowest BCUT2D eigenvalue weighted by Crippen LogP contribution is -2.45. The van der Waals surface area contributed by atoms with Crippen LogP contribution in [0.2, 0.25) is 0 Å². The summed E-state index contributed by atoms with van der Waals surface area (Å²) in [5.74, 6) is 6.02. The number of benzene rings is 2. The van der Waals surface area contributed by atoms with Gasteiger partial charge < -0.3 is 0 Å². The van der Waals surface area contributed by atoms with Gasteiger partial charge in [0.15, 0.2) is 0 Å². The van der Waals surface area contributed by atoms with Crippen LogP contribution >= 0.6 is 0 Å². The number of hydrogen-bond acceptors (Lipinski definition) is 5. The van der Waals surface area contributed by atoms with Crippen molar-refractivity contribution in [2.75, 3.05) is 13.1 Å². The third-order valence-electron chi connectivity index (χ3n) is 7.02. The summed E-state index contributed by atoms with van der Waals surface area (Å²) in [6.45, 7) is 5.06. The summed E-state index contributed by atoms with van der Waals surface area (Å²) in [4.78, 5) is 44.6. The van der Waals surface area contributed by atoms with E-state index < -0.39 is 11.9 Å². The number of hydrogen-bond donors (Lipinski definition) is 1. The zero-order chi connectivity index (χ0) is 25.1. The number of aromatic nitrogens is 2. The van der Waals surface area contributed by atoms with E-state index in [9.17, 15) is 14.4 Å². The first kappa shape index (κ1) is 24.0. The van der Waals surface area contributed by atoms with E-state index in [2.05, 4.69) is 51.3 Å². The van der Waals surface area contributed by atoms with Crippen molar-refractivity contribution in [3.05, 3.63) is 75.3 Å². The number of imide groups is 1. The smallest absolute Gasteiger partial charge is 0.263 e. The molecule has 1 N–H and O–H groups in total. The van der Waals surface area contributed by atoms with Crippen LogP contribution in [0.3, 0.4) is 0 Å². The molecule has 5 rings (SSSR count). The Morgan fingerprint density at radius 2 is 1.75 bits per heavy atom. The van der Waals surface area contributed by atoms with Gasteiger partial charge in [-0.15, -0.1) is 0 Å². The number of amides is 2. The first-order valence-electron chi connectivity index (χ1n) is 12.6. The second-order valence-corrected chi connectivity index (χ2v) is 9.63. The van der Waals surface area contributed by atoms with Crippen LogP contribution in [0, 0.1) is 18.8 Å². The number of carbonyl (C=O) groups is 2. The van der Waals surface area contributed by atoms with Crippen LogP contribution in [0.25, 0.3) is 10.9 Å². The fourth-order valence-corrected chi connectivity index (χ4v) is 5.13. The largest absolute Gasteiger partial charge is 0.299 e. The molecule has 3 aromatic rings. The van der Waals surface area contributed by atoms with E-state index in [0.29, 0.717) is 28.7 Å². The molecule has 1 atom stereocenters. The van der Waals surface area contributed by atoms with Crippen LogP contribution in [0.5, 0.6) is 0 Å². The van der Waals surface area contributed by atoms with Gasteiger partial charge in [0.2, 0.25) is 11.8 Å². The van der Waals surface area contributed by atoms with Crippen LogP contribution < -0.4 is 10.9 Å². The van der Waals surface area contributed by atoms with Crippen molar-refractivity contribution in [3.63, 3.8) is 0 Å². The average Bonchev–Trinajstić information content (AvgIpc) is 2.87. The Labute approximate surface area is 210 Å². The van der Waals surface area contributed by atoms with Crippen molar-refractivity contribution >= 4 is 22.7 Å². The lowest BCUT2D eigenvalue weighted by atomic mass is 10.0. The van der Waals surface area contributed by atoms with Crippen LogP contribution in [-0.4, -0.2) is 39.4 Å². The maximum absolute atomic E-state index is 13.5. The maximum Gasteiger partial charge on any atom is 0.263 e. The maximum atomic E-state index is 13.5. The molecule has 2 aliphatic heterocycles.